The van der Waals surface area contributed by atoms with Crippen LogP contribution in [0.3, 0.4) is 0 Å². The molecule has 2 heterocycles. The Kier molecular flexibility index (Phi) is 7.17. The number of nitrogens with zero attached hydrogens (tertiary/aromatic N) is 1. The molecular formula is C17H27N3O3S. The molecule has 0 aromatic carbocycles. The summed E-state index contributed by atoms with van der Waals surface area (Å²) in [6, 6.07) is -0.197. The van der Waals surface area contributed by atoms with Gasteiger partial charge >= 0.3 is 5.97 Å². The summed E-state index contributed by atoms with van der Waals surface area (Å²) in [5.74, 6) is 0.347. The lowest BCUT2D eigenvalue weighted by atomic mass is 9.93. The smallest absolute Gasteiger partial charge is 0.350 e. The largest absolute Gasteiger partial charge is 0.462 e. The van der Waals surface area contributed by atoms with E-state index in [-0.39, 0.29) is 17.9 Å². The number of hydrogen-bond acceptors (Lipinski definition) is 6. The maximum atomic E-state index is 12.2. The molecule has 1 aliphatic heterocycles. The van der Waals surface area contributed by atoms with Gasteiger partial charge in [-0.05, 0) is 59.0 Å². The molecule has 0 radical (unpaired) electrons. The van der Waals surface area contributed by atoms with Crippen LogP contribution in [0.4, 0.5) is 0 Å². The highest BCUT2D eigenvalue weighted by Gasteiger charge is 2.21. The fourth-order valence-corrected chi connectivity index (χ4v) is 3.83. The van der Waals surface area contributed by atoms with Gasteiger partial charge in [-0.3, -0.25) is 4.79 Å². The number of piperidine rings is 1. The number of nitrogens with one attached hydrogen (secondary N) is 2. The molecule has 1 amide bonds. The number of ether oxygens (including phenoxy) is 1. The SMILES string of the molecule is CCOC(=O)c1sc(C(C)NC(=O)CCC2CCNCC2)nc1C. The van der Waals surface area contributed by atoms with Crippen molar-refractivity contribution in [1.29, 1.82) is 0 Å². The van der Waals surface area contributed by atoms with Gasteiger partial charge in [0.15, 0.2) is 0 Å². The molecule has 6 nitrogen and oxygen atoms in total. The van der Waals surface area contributed by atoms with E-state index in [1.165, 1.54) is 11.3 Å². The van der Waals surface area contributed by atoms with E-state index in [2.05, 4.69) is 15.6 Å². The van der Waals surface area contributed by atoms with E-state index >= 15 is 0 Å². The van der Waals surface area contributed by atoms with E-state index in [1.807, 2.05) is 6.92 Å². The predicted octanol–water partition coefficient (Wildman–Crippen LogP) is 2.59. The number of thiazole rings is 1. The van der Waals surface area contributed by atoms with Crippen molar-refractivity contribution in [3.05, 3.63) is 15.6 Å². The average Bonchev–Trinajstić information content (AvgIpc) is 2.96. The fraction of sp³-hybridized carbons (Fsp3) is 0.706. The normalized spacial score (nSPS) is 16.6. The quantitative estimate of drug-likeness (QED) is 0.737. The molecule has 2 N–H and O–H groups in total. The summed E-state index contributed by atoms with van der Waals surface area (Å²) >= 11 is 1.30. The first-order valence-electron chi connectivity index (χ1n) is 8.65. The van der Waals surface area contributed by atoms with Crippen molar-refractivity contribution < 1.29 is 14.3 Å². The van der Waals surface area contributed by atoms with Crippen molar-refractivity contribution in [3.63, 3.8) is 0 Å². The number of esters is 1. The first-order valence-corrected chi connectivity index (χ1v) is 9.47. The summed E-state index contributed by atoms with van der Waals surface area (Å²) in [7, 11) is 0. The summed E-state index contributed by atoms with van der Waals surface area (Å²) in [5.41, 5.74) is 0.657. The second-order valence-electron chi connectivity index (χ2n) is 6.21. The minimum atomic E-state index is -0.344. The van der Waals surface area contributed by atoms with Gasteiger partial charge in [-0.15, -0.1) is 11.3 Å². The zero-order chi connectivity index (χ0) is 17.5. The molecule has 0 saturated carbocycles. The third kappa shape index (κ3) is 5.27. The summed E-state index contributed by atoms with van der Waals surface area (Å²) in [6.07, 6.45) is 3.78. The molecule has 1 aromatic heterocycles. The van der Waals surface area contributed by atoms with Gasteiger partial charge in [0.2, 0.25) is 5.91 Å². The molecular weight excluding hydrogens is 326 g/mol. The second kappa shape index (κ2) is 9.13. The maximum Gasteiger partial charge on any atom is 0.350 e. The Hall–Kier alpha value is -1.47. The molecule has 7 heteroatoms. The summed E-state index contributed by atoms with van der Waals surface area (Å²) in [5, 5.41) is 7.07. The number of rotatable bonds is 7. The van der Waals surface area contributed by atoms with Crippen LogP contribution in [0.2, 0.25) is 0 Å². The maximum absolute atomic E-state index is 12.2. The van der Waals surface area contributed by atoms with Crippen molar-refractivity contribution in [2.45, 2.75) is 52.5 Å². The molecule has 0 bridgehead atoms. The topological polar surface area (TPSA) is 80.3 Å². The Morgan fingerprint density at radius 2 is 2.12 bits per heavy atom. The average molecular weight is 353 g/mol. The Labute approximate surface area is 147 Å². The highest BCUT2D eigenvalue weighted by atomic mass is 32.1. The lowest BCUT2D eigenvalue weighted by Gasteiger charge is -2.22. The van der Waals surface area contributed by atoms with Gasteiger partial charge < -0.3 is 15.4 Å². The van der Waals surface area contributed by atoms with Gasteiger partial charge in [-0.25, -0.2) is 9.78 Å². The molecule has 2 rings (SSSR count). The third-order valence-corrected chi connectivity index (χ3v) is 5.58. The number of hydrogen-bond donors (Lipinski definition) is 2. The van der Waals surface area contributed by atoms with Crippen LogP contribution < -0.4 is 10.6 Å². The Morgan fingerprint density at radius 1 is 1.42 bits per heavy atom. The van der Waals surface area contributed by atoms with Crippen LogP contribution in [0.15, 0.2) is 0 Å². The minimum Gasteiger partial charge on any atom is -0.462 e. The summed E-state index contributed by atoms with van der Waals surface area (Å²) in [6.45, 7) is 7.91. The molecule has 1 atom stereocenters. The van der Waals surface area contributed by atoms with Crippen LogP contribution in [0.5, 0.6) is 0 Å². The van der Waals surface area contributed by atoms with Crippen molar-refractivity contribution in [2.75, 3.05) is 19.7 Å². The van der Waals surface area contributed by atoms with Crippen LogP contribution >= 0.6 is 11.3 Å². The van der Waals surface area contributed by atoms with Gasteiger partial charge in [0.1, 0.15) is 9.88 Å². The predicted molar refractivity (Wildman–Crippen MR) is 94.2 cm³/mol. The van der Waals surface area contributed by atoms with Crippen molar-refractivity contribution in [1.82, 2.24) is 15.6 Å². The third-order valence-electron chi connectivity index (χ3n) is 4.26. The van der Waals surface area contributed by atoms with Crippen LogP contribution in [0.1, 0.15) is 65.9 Å². The van der Waals surface area contributed by atoms with Crippen molar-refractivity contribution >= 4 is 23.2 Å². The molecule has 24 heavy (non-hydrogen) atoms. The minimum absolute atomic E-state index is 0.0478. The number of carbonyl (C=O) groups is 2. The van der Waals surface area contributed by atoms with E-state index in [0.717, 1.165) is 37.4 Å². The standard InChI is InChI=1S/C17H27N3O3S/c1-4-23-17(22)15-11(2)20-16(24-15)12(3)19-14(21)6-5-13-7-9-18-10-8-13/h12-13,18H,4-10H2,1-3H3,(H,19,21). The van der Waals surface area contributed by atoms with E-state index in [4.69, 9.17) is 4.74 Å². The van der Waals surface area contributed by atoms with E-state index in [9.17, 15) is 9.59 Å². The highest BCUT2D eigenvalue weighted by molar-refractivity contribution is 7.13. The molecule has 1 aliphatic rings. The van der Waals surface area contributed by atoms with Crippen LogP contribution in [0.25, 0.3) is 0 Å². The van der Waals surface area contributed by atoms with Gasteiger partial charge in [0, 0.05) is 6.42 Å². The van der Waals surface area contributed by atoms with Crippen LogP contribution in [-0.2, 0) is 9.53 Å². The summed E-state index contributed by atoms with van der Waals surface area (Å²) in [4.78, 5) is 28.9. The number of aryl methyl sites for hydroxylation is 1. The Morgan fingerprint density at radius 3 is 2.79 bits per heavy atom. The second-order valence-corrected chi connectivity index (χ2v) is 7.24. The van der Waals surface area contributed by atoms with Gasteiger partial charge in [0.25, 0.3) is 0 Å². The van der Waals surface area contributed by atoms with Crippen LogP contribution in [-0.4, -0.2) is 36.6 Å². The molecule has 0 spiro atoms. The lowest BCUT2D eigenvalue weighted by molar-refractivity contribution is -0.122. The van der Waals surface area contributed by atoms with Crippen molar-refractivity contribution in [2.24, 2.45) is 5.92 Å². The molecule has 0 aliphatic carbocycles. The fourth-order valence-electron chi connectivity index (χ4n) is 2.87. The zero-order valence-electron chi connectivity index (χ0n) is 14.7. The number of carbonyl (C=O) groups excluding carboxylic acids is 2. The molecule has 1 unspecified atom stereocenters. The number of amides is 1. The summed E-state index contributed by atoms with van der Waals surface area (Å²) < 4.78 is 5.03. The van der Waals surface area contributed by atoms with E-state index in [0.29, 0.717) is 29.5 Å². The molecule has 1 fully saturated rings. The van der Waals surface area contributed by atoms with Gasteiger partial charge in [-0.2, -0.15) is 0 Å². The molecule has 1 aromatic rings. The zero-order valence-corrected chi connectivity index (χ0v) is 15.5. The first kappa shape index (κ1) is 18.9. The lowest BCUT2D eigenvalue weighted by Crippen LogP contribution is -2.30. The first-order chi connectivity index (χ1) is 11.5. The highest BCUT2D eigenvalue weighted by Crippen LogP contribution is 2.25. The number of aromatic nitrogens is 1. The molecule has 1 saturated heterocycles. The Balaban J connectivity index is 1.84. The molecule has 134 valence electrons. The van der Waals surface area contributed by atoms with Crippen LogP contribution in [0, 0.1) is 12.8 Å². The van der Waals surface area contributed by atoms with E-state index in [1.54, 1.807) is 13.8 Å². The van der Waals surface area contributed by atoms with Gasteiger partial charge in [0.05, 0.1) is 18.3 Å². The van der Waals surface area contributed by atoms with Gasteiger partial charge in [-0.1, -0.05) is 0 Å². The monoisotopic (exact) mass is 353 g/mol. The Bertz CT molecular complexity index is 567. The van der Waals surface area contributed by atoms with E-state index < -0.39 is 0 Å². The van der Waals surface area contributed by atoms with Crippen molar-refractivity contribution in [3.8, 4) is 0 Å².